The smallest absolute Gasteiger partial charge is 0.333 e. The van der Waals surface area contributed by atoms with Gasteiger partial charge in [0.15, 0.2) is 0 Å². The van der Waals surface area contributed by atoms with E-state index in [4.69, 9.17) is 14.1 Å². The Bertz CT molecular complexity index is 1280. The normalized spacial score (nSPS) is 26.7. The van der Waals surface area contributed by atoms with E-state index in [2.05, 4.69) is 39.6 Å². The predicted octanol–water partition coefficient (Wildman–Crippen LogP) is 1.94. The molecule has 4 N–H and O–H groups in total. The van der Waals surface area contributed by atoms with Gasteiger partial charge in [0, 0.05) is 31.2 Å². The first-order chi connectivity index (χ1) is 16.3. The molecular weight excluding hydrogens is 458 g/mol. The molecule has 1 aromatic carbocycles. The van der Waals surface area contributed by atoms with E-state index >= 15 is 0 Å². The summed E-state index contributed by atoms with van der Waals surface area (Å²) in [6.07, 6.45) is 4.77. The van der Waals surface area contributed by atoms with Crippen LogP contribution in [-0.4, -0.2) is 54.5 Å². The Morgan fingerprint density at radius 3 is 2.79 bits per heavy atom. The van der Waals surface area contributed by atoms with E-state index in [1.54, 1.807) is 13.4 Å². The molecule has 0 spiro atoms. The van der Waals surface area contributed by atoms with Crippen molar-refractivity contribution in [2.75, 3.05) is 25.6 Å². The van der Waals surface area contributed by atoms with Crippen LogP contribution in [0.2, 0.25) is 0 Å². The van der Waals surface area contributed by atoms with Gasteiger partial charge in [-0.3, -0.25) is 4.18 Å². The SMILES string of the molecule is COC[C@H]1Cc2ccccc2[C@H]1Nc1ncnc2c1ccn2[C@@H]1C[C@@H](COS(N)(=O)=O)[C@@H](O)C1. The van der Waals surface area contributed by atoms with Crippen LogP contribution in [0.5, 0.6) is 0 Å². The Balaban J connectivity index is 1.39. The number of nitrogens with one attached hydrogen (secondary N) is 1. The summed E-state index contributed by atoms with van der Waals surface area (Å²) in [4.78, 5) is 9.05. The van der Waals surface area contributed by atoms with Gasteiger partial charge >= 0.3 is 10.3 Å². The third-order valence-corrected chi connectivity index (χ3v) is 7.46. The maximum atomic E-state index is 11.1. The first kappa shape index (κ1) is 23.2. The van der Waals surface area contributed by atoms with Crippen molar-refractivity contribution in [3.63, 3.8) is 0 Å². The van der Waals surface area contributed by atoms with Gasteiger partial charge in [0.2, 0.25) is 0 Å². The molecule has 5 rings (SSSR count). The van der Waals surface area contributed by atoms with Crippen LogP contribution in [0.25, 0.3) is 11.0 Å². The van der Waals surface area contributed by atoms with E-state index in [1.165, 1.54) is 11.1 Å². The van der Waals surface area contributed by atoms with Crippen LogP contribution in [0, 0.1) is 11.8 Å². The van der Waals surface area contributed by atoms with Gasteiger partial charge in [0.1, 0.15) is 17.8 Å². The number of nitrogens with zero attached hydrogens (tertiary/aromatic N) is 3. The van der Waals surface area contributed by atoms with Crippen LogP contribution in [0.4, 0.5) is 5.82 Å². The second-order valence-electron chi connectivity index (χ2n) is 9.15. The minimum Gasteiger partial charge on any atom is -0.393 e. The monoisotopic (exact) mass is 487 g/mol. The minimum absolute atomic E-state index is 0.0437. The molecule has 5 atom stereocenters. The van der Waals surface area contributed by atoms with Crippen LogP contribution in [0.1, 0.15) is 36.1 Å². The number of benzene rings is 1. The molecule has 0 amide bonds. The molecule has 10 nitrogen and oxygen atoms in total. The highest BCUT2D eigenvalue weighted by atomic mass is 32.2. The molecule has 1 saturated carbocycles. The standard InChI is InChI=1S/C23H29N5O5S/c1-32-11-16-8-14-4-2-3-5-18(14)21(16)27-22-19-6-7-28(23(19)26-13-25-22)17-9-15(20(29)10-17)12-33-34(24,30)31/h2-7,13,15-17,20-21,29H,8-12H2,1H3,(H2,24,30,31)(H,25,26,27)/t15-,16+,17+,20-,21-/m0/s1. The first-order valence-corrected chi connectivity index (χ1v) is 12.8. The number of fused-ring (bicyclic) bond motifs is 2. The van der Waals surface area contributed by atoms with Crippen LogP contribution in [0.3, 0.4) is 0 Å². The molecule has 2 aliphatic carbocycles. The van der Waals surface area contributed by atoms with Crippen LogP contribution in [-0.2, 0) is 25.6 Å². The van der Waals surface area contributed by atoms with E-state index in [-0.39, 0.29) is 24.6 Å². The fourth-order valence-electron chi connectivity index (χ4n) is 5.43. The van der Waals surface area contributed by atoms with Crippen molar-refractivity contribution >= 4 is 27.2 Å². The number of aromatic nitrogens is 3. The number of rotatable bonds is 8. The second kappa shape index (κ2) is 9.23. The van der Waals surface area contributed by atoms with E-state index in [0.29, 0.717) is 25.4 Å². The fourth-order valence-corrected chi connectivity index (χ4v) is 5.80. The minimum atomic E-state index is -4.04. The van der Waals surface area contributed by atoms with E-state index in [9.17, 15) is 13.5 Å². The van der Waals surface area contributed by atoms with Gasteiger partial charge in [0.25, 0.3) is 0 Å². The van der Waals surface area contributed by atoms with E-state index < -0.39 is 16.4 Å². The lowest BCUT2D eigenvalue weighted by atomic mass is 10.0. The Morgan fingerprint density at radius 2 is 2.00 bits per heavy atom. The number of hydrogen-bond acceptors (Lipinski definition) is 8. The number of anilines is 1. The Labute approximate surface area is 198 Å². The third-order valence-electron chi connectivity index (χ3n) is 7.00. The van der Waals surface area contributed by atoms with E-state index in [1.807, 2.05) is 16.8 Å². The zero-order chi connectivity index (χ0) is 23.9. The molecule has 0 bridgehead atoms. The summed E-state index contributed by atoms with van der Waals surface area (Å²) in [7, 11) is -2.32. The van der Waals surface area contributed by atoms with Gasteiger partial charge in [0.05, 0.1) is 30.7 Å². The summed E-state index contributed by atoms with van der Waals surface area (Å²) in [6.45, 7) is 0.503. The molecule has 182 valence electrons. The number of aliphatic hydroxyl groups is 1. The lowest BCUT2D eigenvalue weighted by Crippen LogP contribution is -2.24. The van der Waals surface area contributed by atoms with Crippen molar-refractivity contribution in [3.8, 4) is 0 Å². The highest BCUT2D eigenvalue weighted by Crippen LogP contribution is 2.41. The molecule has 0 radical (unpaired) electrons. The van der Waals surface area contributed by atoms with Crippen molar-refractivity contribution in [2.45, 2.75) is 37.5 Å². The molecule has 0 unspecified atom stereocenters. The van der Waals surface area contributed by atoms with Crippen molar-refractivity contribution < 1.29 is 22.4 Å². The summed E-state index contributed by atoms with van der Waals surface area (Å²) in [5.41, 5.74) is 3.34. The first-order valence-electron chi connectivity index (χ1n) is 11.3. The summed E-state index contributed by atoms with van der Waals surface area (Å²) < 4.78 is 34.5. The van der Waals surface area contributed by atoms with Crippen LogP contribution >= 0.6 is 0 Å². The number of nitrogens with two attached hydrogens (primary N) is 1. The maximum Gasteiger partial charge on any atom is 0.333 e. The zero-order valence-electron chi connectivity index (χ0n) is 18.9. The number of methoxy groups -OCH3 is 1. The molecule has 2 heterocycles. The van der Waals surface area contributed by atoms with Crippen molar-refractivity contribution in [1.82, 2.24) is 14.5 Å². The Morgan fingerprint density at radius 1 is 1.18 bits per heavy atom. The lowest BCUT2D eigenvalue weighted by Gasteiger charge is -2.22. The summed E-state index contributed by atoms with van der Waals surface area (Å²) in [6, 6.07) is 10.4. The zero-order valence-corrected chi connectivity index (χ0v) is 19.7. The molecular formula is C23H29N5O5S. The van der Waals surface area contributed by atoms with Gasteiger partial charge in [-0.15, -0.1) is 0 Å². The Hall–Kier alpha value is -2.57. The number of ether oxygens (including phenoxy) is 1. The topological polar surface area (TPSA) is 142 Å². The van der Waals surface area contributed by atoms with E-state index in [0.717, 1.165) is 23.3 Å². The van der Waals surface area contributed by atoms with Crippen molar-refractivity contribution in [2.24, 2.45) is 17.0 Å². The molecule has 0 saturated heterocycles. The molecule has 0 aliphatic heterocycles. The van der Waals surface area contributed by atoms with Gasteiger partial charge in [-0.05, 0) is 36.5 Å². The van der Waals surface area contributed by atoms with Crippen molar-refractivity contribution in [1.29, 1.82) is 0 Å². The van der Waals surface area contributed by atoms with Gasteiger partial charge in [-0.1, -0.05) is 24.3 Å². The number of hydrogen-bond donors (Lipinski definition) is 3. The average molecular weight is 488 g/mol. The second-order valence-corrected chi connectivity index (χ2v) is 10.4. The average Bonchev–Trinajstić information content (AvgIpc) is 3.48. The third kappa shape index (κ3) is 4.53. The number of aliphatic hydroxyl groups excluding tert-OH is 1. The quantitative estimate of drug-likeness (QED) is 0.438. The summed E-state index contributed by atoms with van der Waals surface area (Å²) in [5.74, 6) is 0.711. The maximum absolute atomic E-state index is 11.1. The molecule has 2 aliphatic rings. The summed E-state index contributed by atoms with van der Waals surface area (Å²) in [5, 5.41) is 19.9. The molecule has 11 heteroatoms. The van der Waals surface area contributed by atoms with Gasteiger partial charge in [-0.2, -0.15) is 8.42 Å². The van der Waals surface area contributed by atoms with Crippen molar-refractivity contribution in [3.05, 3.63) is 54.0 Å². The lowest BCUT2D eigenvalue weighted by molar-refractivity contribution is 0.100. The largest absolute Gasteiger partial charge is 0.393 e. The highest BCUT2D eigenvalue weighted by Gasteiger charge is 2.36. The Kier molecular flexibility index (Phi) is 6.30. The molecule has 1 fully saturated rings. The van der Waals surface area contributed by atoms with Gasteiger partial charge < -0.3 is 19.7 Å². The van der Waals surface area contributed by atoms with Crippen LogP contribution < -0.4 is 10.5 Å². The molecule has 2 aromatic heterocycles. The van der Waals surface area contributed by atoms with Gasteiger partial charge in [-0.25, -0.2) is 15.1 Å². The van der Waals surface area contributed by atoms with Crippen LogP contribution in [0.15, 0.2) is 42.9 Å². The molecule has 3 aromatic rings. The summed E-state index contributed by atoms with van der Waals surface area (Å²) >= 11 is 0. The molecule has 34 heavy (non-hydrogen) atoms. The predicted molar refractivity (Wildman–Crippen MR) is 126 cm³/mol. The fraction of sp³-hybridized carbons (Fsp3) is 0.478. The highest BCUT2D eigenvalue weighted by molar-refractivity contribution is 7.84.